The minimum absolute atomic E-state index is 0.561. The van der Waals surface area contributed by atoms with E-state index in [1.165, 1.54) is 13.1 Å². The second-order valence-electron chi connectivity index (χ2n) is 3.13. The number of hydrogen-bond donors (Lipinski definition) is 1. The summed E-state index contributed by atoms with van der Waals surface area (Å²) in [6, 6.07) is 0.561. The third-order valence-corrected chi connectivity index (χ3v) is 2.44. The van der Waals surface area contributed by atoms with Crippen LogP contribution < -0.4 is 5.73 Å². The van der Waals surface area contributed by atoms with Crippen molar-refractivity contribution in [3.8, 4) is 0 Å². The lowest BCUT2D eigenvalue weighted by Gasteiger charge is -2.09. The van der Waals surface area contributed by atoms with Crippen molar-refractivity contribution in [1.29, 1.82) is 0 Å². The van der Waals surface area contributed by atoms with E-state index >= 15 is 0 Å². The number of hydrogen-bond acceptors (Lipinski definition) is 2. The van der Waals surface area contributed by atoms with E-state index in [0.717, 1.165) is 11.8 Å². The zero-order valence-electron chi connectivity index (χ0n) is 5.17. The SMILES string of the molecule is CN1C[C@H]2C(N)[C@@H]2C1. The second-order valence-corrected chi connectivity index (χ2v) is 3.13. The third kappa shape index (κ3) is 0.446. The molecule has 0 aromatic rings. The minimum Gasteiger partial charge on any atom is -0.327 e. The number of nitrogens with zero attached hydrogens (tertiary/aromatic N) is 1. The standard InChI is InChI=1S/C6H12N2/c1-8-2-4-5(3-8)6(4)7/h4-6H,2-3,7H2,1H3/t4-,5-/m1/s1. The summed E-state index contributed by atoms with van der Waals surface area (Å²) in [5.74, 6) is 1.72. The van der Waals surface area contributed by atoms with E-state index in [-0.39, 0.29) is 0 Å². The summed E-state index contributed by atoms with van der Waals surface area (Å²) >= 11 is 0. The van der Waals surface area contributed by atoms with Gasteiger partial charge in [-0.3, -0.25) is 0 Å². The van der Waals surface area contributed by atoms with Crippen LogP contribution in [-0.4, -0.2) is 31.1 Å². The topological polar surface area (TPSA) is 29.3 Å². The smallest absolute Gasteiger partial charge is 0.0127 e. The van der Waals surface area contributed by atoms with Crippen molar-refractivity contribution in [2.24, 2.45) is 17.6 Å². The van der Waals surface area contributed by atoms with Gasteiger partial charge in [0, 0.05) is 19.1 Å². The lowest BCUT2D eigenvalue weighted by atomic mass is 10.4. The Morgan fingerprint density at radius 1 is 1.38 bits per heavy atom. The van der Waals surface area contributed by atoms with Gasteiger partial charge in [-0.1, -0.05) is 0 Å². The summed E-state index contributed by atoms with van der Waals surface area (Å²) in [4.78, 5) is 2.36. The van der Waals surface area contributed by atoms with Crippen LogP contribution in [0.4, 0.5) is 0 Å². The highest BCUT2D eigenvalue weighted by Crippen LogP contribution is 2.42. The van der Waals surface area contributed by atoms with Gasteiger partial charge in [0.2, 0.25) is 0 Å². The van der Waals surface area contributed by atoms with Crippen LogP contribution in [0.25, 0.3) is 0 Å². The molecule has 2 rings (SSSR count). The Bertz CT molecular complexity index is 101. The highest BCUT2D eigenvalue weighted by atomic mass is 15.2. The Labute approximate surface area is 49.7 Å². The van der Waals surface area contributed by atoms with Crippen LogP contribution in [0.2, 0.25) is 0 Å². The number of nitrogens with two attached hydrogens (primary N) is 1. The van der Waals surface area contributed by atoms with E-state index < -0.39 is 0 Å². The molecule has 0 amide bonds. The largest absolute Gasteiger partial charge is 0.327 e. The summed E-state index contributed by atoms with van der Waals surface area (Å²) in [5.41, 5.74) is 5.71. The Hall–Kier alpha value is -0.0800. The molecule has 0 bridgehead atoms. The molecule has 0 aromatic carbocycles. The predicted octanol–water partition coefficient (Wildman–Crippen LogP) is -0.495. The second kappa shape index (κ2) is 1.25. The van der Waals surface area contributed by atoms with Crippen molar-refractivity contribution in [3.05, 3.63) is 0 Å². The van der Waals surface area contributed by atoms with Crippen LogP contribution in [0.5, 0.6) is 0 Å². The van der Waals surface area contributed by atoms with Gasteiger partial charge in [-0.15, -0.1) is 0 Å². The van der Waals surface area contributed by atoms with Crippen LogP contribution in [0.1, 0.15) is 0 Å². The first-order chi connectivity index (χ1) is 3.79. The maximum atomic E-state index is 5.71. The molecule has 2 fully saturated rings. The van der Waals surface area contributed by atoms with Gasteiger partial charge in [0.15, 0.2) is 0 Å². The van der Waals surface area contributed by atoms with Gasteiger partial charge in [-0.2, -0.15) is 0 Å². The van der Waals surface area contributed by atoms with Crippen LogP contribution in [0.3, 0.4) is 0 Å². The lowest BCUT2D eigenvalue weighted by Crippen LogP contribution is -2.24. The summed E-state index contributed by atoms with van der Waals surface area (Å²) in [6.07, 6.45) is 0. The molecular formula is C6H12N2. The lowest BCUT2D eigenvalue weighted by molar-refractivity contribution is 0.362. The maximum absolute atomic E-state index is 5.71. The van der Waals surface area contributed by atoms with Gasteiger partial charge in [0.1, 0.15) is 0 Å². The van der Waals surface area contributed by atoms with Crippen molar-refractivity contribution in [2.45, 2.75) is 6.04 Å². The molecule has 1 saturated heterocycles. The molecule has 2 N–H and O–H groups in total. The molecule has 2 heteroatoms. The molecule has 0 radical (unpaired) electrons. The number of fused-ring (bicyclic) bond motifs is 1. The number of rotatable bonds is 0. The highest BCUT2D eigenvalue weighted by Gasteiger charge is 2.52. The summed E-state index contributed by atoms with van der Waals surface area (Å²) in [6.45, 7) is 2.48. The van der Waals surface area contributed by atoms with E-state index in [2.05, 4.69) is 11.9 Å². The van der Waals surface area contributed by atoms with Crippen LogP contribution in [0, 0.1) is 11.8 Å². The first kappa shape index (κ1) is 4.77. The maximum Gasteiger partial charge on any atom is 0.0127 e. The van der Waals surface area contributed by atoms with Crippen molar-refractivity contribution < 1.29 is 0 Å². The molecule has 0 unspecified atom stereocenters. The summed E-state index contributed by atoms with van der Waals surface area (Å²) < 4.78 is 0. The van der Waals surface area contributed by atoms with E-state index in [4.69, 9.17) is 5.73 Å². The van der Waals surface area contributed by atoms with E-state index in [9.17, 15) is 0 Å². The van der Waals surface area contributed by atoms with Crippen molar-refractivity contribution >= 4 is 0 Å². The molecule has 0 spiro atoms. The average molecular weight is 112 g/mol. The molecular weight excluding hydrogens is 100 g/mol. The molecule has 1 aliphatic heterocycles. The minimum atomic E-state index is 0.561. The molecule has 2 atom stereocenters. The third-order valence-electron chi connectivity index (χ3n) is 2.44. The zero-order chi connectivity index (χ0) is 5.72. The quantitative estimate of drug-likeness (QED) is 0.458. The van der Waals surface area contributed by atoms with Gasteiger partial charge >= 0.3 is 0 Å². The number of likely N-dealkylation sites (tertiary alicyclic amines) is 1. The van der Waals surface area contributed by atoms with E-state index in [1.54, 1.807) is 0 Å². The Balaban J connectivity index is 2.00. The molecule has 1 aliphatic carbocycles. The van der Waals surface area contributed by atoms with Crippen molar-refractivity contribution in [3.63, 3.8) is 0 Å². The average Bonchev–Trinajstić information content (AvgIpc) is 2.29. The first-order valence-corrected chi connectivity index (χ1v) is 3.23. The normalized spacial score (nSPS) is 54.0. The van der Waals surface area contributed by atoms with E-state index in [1.807, 2.05) is 0 Å². The molecule has 46 valence electrons. The van der Waals surface area contributed by atoms with Gasteiger partial charge in [-0.25, -0.2) is 0 Å². The van der Waals surface area contributed by atoms with Crippen LogP contribution in [-0.2, 0) is 0 Å². The summed E-state index contributed by atoms with van der Waals surface area (Å²) in [7, 11) is 2.17. The first-order valence-electron chi connectivity index (χ1n) is 3.23. The molecule has 2 aliphatic rings. The van der Waals surface area contributed by atoms with Gasteiger partial charge in [0.05, 0.1) is 0 Å². The predicted molar refractivity (Wildman–Crippen MR) is 32.5 cm³/mol. The highest BCUT2D eigenvalue weighted by molar-refractivity contribution is 5.07. The van der Waals surface area contributed by atoms with Gasteiger partial charge < -0.3 is 10.6 Å². The molecule has 1 saturated carbocycles. The fourth-order valence-electron chi connectivity index (χ4n) is 1.78. The van der Waals surface area contributed by atoms with Gasteiger partial charge in [0.25, 0.3) is 0 Å². The van der Waals surface area contributed by atoms with Crippen LogP contribution >= 0.6 is 0 Å². The van der Waals surface area contributed by atoms with E-state index in [0.29, 0.717) is 6.04 Å². The van der Waals surface area contributed by atoms with Crippen LogP contribution in [0.15, 0.2) is 0 Å². The monoisotopic (exact) mass is 112 g/mol. The molecule has 0 aromatic heterocycles. The number of piperidine rings is 1. The van der Waals surface area contributed by atoms with Gasteiger partial charge in [-0.05, 0) is 18.9 Å². The molecule has 2 nitrogen and oxygen atoms in total. The van der Waals surface area contributed by atoms with Crippen molar-refractivity contribution in [2.75, 3.05) is 20.1 Å². The Morgan fingerprint density at radius 2 is 1.88 bits per heavy atom. The Morgan fingerprint density at radius 3 is 2.25 bits per heavy atom. The molecule has 1 heterocycles. The fourth-order valence-corrected chi connectivity index (χ4v) is 1.78. The van der Waals surface area contributed by atoms with Crippen molar-refractivity contribution in [1.82, 2.24) is 4.90 Å². The Kier molecular flexibility index (Phi) is 0.746. The summed E-state index contributed by atoms with van der Waals surface area (Å²) in [5, 5.41) is 0. The fraction of sp³-hybridized carbons (Fsp3) is 1.00. The zero-order valence-corrected chi connectivity index (χ0v) is 5.17. The molecule has 8 heavy (non-hydrogen) atoms.